The second-order valence-electron chi connectivity index (χ2n) is 4.24. The maximum Gasteiger partial charge on any atom is 0.138 e. The largest absolute Gasteiger partial charge is 0.285 e. The van der Waals surface area contributed by atoms with E-state index >= 15 is 0 Å². The zero-order chi connectivity index (χ0) is 10.4. The van der Waals surface area contributed by atoms with Crippen molar-refractivity contribution in [3.05, 3.63) is 41.5 Å². The van der Waals surface area contributed by atoms with Gasteiger partial charge in [0, 0.05) is 6.42 Å². The van der Waals surface area contributed by atoms with Gasteiger partial charge in [0.1, 0.15) is 12.2 Å². The second-order valence-corrected chi connectivity index (χ2v) is 4.24. The van der Waals surface area contributed by atoms with Crippen LogP contribution in [0.25, 0.3) is 5.69 Å². The fourth-order valence-corrected chi connectivity index (χ4v) is 2.38. The molecule has 1 aliphatic heterocycles. The van der Waals surface area contributed by atoms with Gasteiger partial charge in [-0.2, -0.15) is 0 Å². The van der Waals surface area contributed by atoms with Crippen LogP contribution in [0.2, 0.25) is 0 Å². The van der Waals surface area contributed by atoms with Crippen molar-refractivity contribution < 1.29 is 0 Å². The van der Waals surface area contributed by atoms with Crippen LogP contribution in [0.1, 0.15) is 29.8 Å². The average molecular weight is 199 g/mol. The van der Waals surface area contributed by atoms with Gasteiger partial charge in [0.2, 0.25) is 0 Å². The quantitative estimate of drug-likeness (QED) is 0.651. The summed E-state index contributed by atoms with van der Waals surface area (Å²) < 4.78 is 2.12. The number of hydrogen-bond acceptors (Lipinski definition) is 2. The Morgan fingerprint density at radius 1 is 1.40 bits per heavy atom. The van der Waals surface area contributed by atoms with Gasteiger partial charge >= 0.3 is 0 Å². The van der Waals surface area contributed by atoms with Crippen molar-refractivity contribution >= 4 is 0 Å². The lowest BCUT2D eigenvalue weighted by Crippen LogP contribution is -2.16. The molecule has 1 atom stereocenters. The molecule has 15 heavy (non-hydrogen) atoms. The third-order valence-corrected chi connectivity index (χ3v) is 3.15. The molecule has 3 heteroatoms. The predicted octanol–water partition coefficient (Wildman–Crippen LogP) is 2.24. The van der Waals surface area contributed by atoms with E-state index in [1.165, 1.54) is 16.8 Å². The molecule has 0 amide bonds. The predicted molar refractivity (Wildman–Crippen MR) is 58.2 cm³/mol. The van der Waals surface area contributed by atoms with E-state index in [-0.39, 0.29) is 0 Å². The molecule has 0 fully saturated rings. The van der Waals surface area contributed by atoms with Crippen molar-refractivity contribution in [2.24, 2.45) is 0 Å². The molecule has 0 saturated heterocycles. The minimum atomic E-state index is 0.539. The van der Waals surface area contributed by atoms with Crippen LogP contribution < -0.4 is 0 Å². The summed E-state index contributed by atoms with van der Waals surface area (Å²) in [7, 11) is 0. The van der Waals surface area contributed by atoms with E-state index in [9.17, 15) is 0 Å². The first-order valence-corrected chi connectivity index (χ1v) is 5.26. The molecule has 76 valence electrons. The normalized spacial score (nSPS) is 18.4. The van der Waals surface area contributed by atoms with Crippen LogP contribution in [0.5, 0.6) is 0 Å². The number of fused-ring (bicyclic) bond motifs is 3. The van der Waals surface area contributed by atoms with Crippen LogP contribution in [0.3, 0.4) is 0 Å². The van der Waals surface area contributed by atoms with Gasteiger partial charge in [-0.1, -0.05) is 25.1 Å². The van der Waals surface area contributed by atoms with Crippen molar-refractivity contribution in [1.82, 2.24) is 14.8 Å². The number of nitrogens with zero attached hydrogens (tertiary/aromatic N) is 3. The fourth-order valence-electron chi connectivity index (χ4n) is 2.38. The van der Waals surface area contributed by atoms with E-state index in [0.717, 1.165) is 12.2 Å². The van der Waals surface area contributed by atoms with Gasteiger partial charge in [0.05, 0.1) is 5.69 Å². The lowest BCUT2D eigenvalue weighted by atomic mass is 9.91. The van der Waals surface area contributed by atoms with Crippen molar-refractivity contribution in [1.29, 1.82) is 0 Å². The lowest BCUT2D eigenvalue weighted by molar-refractivity contribution is 0.662. The highest BCUT2D eigenvalue weighted by Crippen LogP contribution is 2.33. The Labute approximate surface area is 88.8 Å². The molecule has 2 heterocycles. The molecule has 3 nitrogen and oxygen atoms in total. The molecule has 1 aromatic heterocycles. The van der Waals surface area contributed by atoms with Gasteiger partial charge in [-0.25, -0.2) is 0 Å². The summed E-state index contributed by atoms with van der Waals surface area (Å²) in [6.45, 7) is 4.39. The van der Waals surface area contributed by atoms with Crippen LogP contribution in [0, 0.1) is 6.92 Å². The summed E-state index contributed by atoms with van der Waals surface area (Å²) >= 11 is 0. The molecule has 0 radical (unpaired) electrons. The number of para-hydroxylation sites is 1. The number of rotatable bonds is 0. The third-order valence-electron chi connectivity index (χ3n) is 3.15. The molecule has 0 N–H and O–H groups in total. The Bertz CT molecular complexity index is 513. The standard InChI is InChI=1S/C12H13N3/c1-8-4-3-5-10-9(2)6-11-14-13-7-15(11)12(8)10/h3-5,7,9H,6H2,1-2H3. The maximum absolute atomic E-state index is 4.16. The molecule has 1 aromatic carbocycles. The molecule has 1 unspecified atom stereocenters. The first-order chi connectivity index (χ1) is 7.27. The summed E-state index contributed by atoms with van der Waals surface area (Å²) in [6, 6.07) is 6.47. The lowest BCUT2D eigenvalue weighted by Gasteiger charge is -2.24. The molecular formula is C12H13N3. The van der Waals surface area contributed by atoms with Crippen LogP contribution in [0.4, 0.5) is 0 Å². The Morgan fingerprint density at radius 2 is 2.27 bits per heavy atom. The molecule has 0 spiro atoms. The molecule has 3 rings (SSSR count). The average Bonchev–Trinajstić information content (AvgIpc) is 2.66. The minimum absolute atomic E-state index is 0.539. The first-order valence-electron chi connectivity index (χ1n) is 5.26. The highest BCUT2D eigenvalue weighted by molar-refractivity contribution is 5.51. The first kappa shape index (κ1) is 8.65. The maximum atomic E-state index is 4.16. The van der Waals surface area contributed by atoms with E-state index in [1.54, 1.807) is 0 Å². The molecule has 1 aliphatic rings. The van der Waals surface area contributed by atoms with Crippen molar-refractivity contribution in [2.45, 2.75) is 26.2 Å². The number of aromatic nitrogens is 3. The Morgan fingerprint density at radius 3 is 3.13 bits per heavy atom. The Hall–Kier alpha value is -1.64. The van der Waals surface area contributed by atoms with Gasteiger partial charge in [-0.05, 0) is 24.0 Å². The van der Waals surface area contributed by atoms with Gasteiger partial charge in [-0.15, -0.1) is 10.2 Å². The van der Waals surface area contributed by atoms with Gasteiger partial charge < -0.3 is 0 Å². The van der Waals surface area contributed by atoms with Crippen LogP contribution in [-0.2, 0) is 6.42 Å². The minimum Gasteiger partial charge on any atom is -0.285 e. The summed E-state index contributed by atoms with van der Waals surface area (Å²) in [4.78, 5) is 0. The highest BCUT2D eigenvalue weighted by Gasteiger charge is 2.23. The van der Waals surface area contributed by atoms with Crippen LogP contribution >= 0.6 is 0 Å². The Kier molecular flexibility index (Phi) is 1.69. The summed E-state index contributed by atoms with van der Waals surface area (Å²) in [6.07, 6.45) is 2.80. The van der Waals surface area contributed by atoms with Gasteiger partial charge in [-0.3, -0.25) is 4.57 Å². The smallest absolute Gasteiger partial charge is 0.138 e. The molecule has 0 bridgehead atoms. The Balaban J connectivity index is 2.35. The highest BCUT2D eigenvalue weighted by atomic mass is 15.3. The van der Waals surface area contributed by atoms with Gasteiger partial charge in [0.25, 0.3) is 0 Å². The summed E-state index contributed by atoms with van der Waals surface area (Å²) in [5.41, 5.74) is 3.97. The van der Waals surface area contributed by atoms with Crippen molar-refractivity contribution in [3.8, 4) is 5.69 Å². The molecular weight excluding hydrogens is 186 g/mol. The molecule has 2 aromatic rings. The summed E-state index contributed by atoms with van der Waals surface area (Å²) in [5, 5.41) is 8.15. The SMILES string of the molecule is Cc1cccc2c1-n1cnnc1CC2C. The third kappa shape index (κ3) is 1.12. The van der Waals surface area contributed by atoms with Crippen LogP contribution in [0.15, 0.2) is 24.5 Å². The topological polar surface area (TPSA) is 30.7 Å². The van der Waals surface area contributed by atoms with Crippen LogP contribution in [-0.4, -0.2) is 14.8 Å². The number of benzene rings is 1. The van der Waals surface area contributed by atoms with E-state index in [0.29, 0.717) is 5.92 Å². The van der Waals surface area contributed by atoms with E-state index in [1.807, 2.05) is 6.33 Å². The molecule has 0 saturated carbocycles. The second kappa shape index (κ2) is 2.92. The fraction of sp³-hybridized carbons (Fsp3) is 0.333. The van der Waals surface area contributed by atoms with Gasteiger partial charge in [0.15, 0.2) is 0 Å². The summed E-state index contributed by atoms with van der Waals surface area (Å²) in [5.74, 6) is 1.61. The zero-order valence-corrected chi connectivity index (χ0v) is 8.94. The van der Waals surface area contributed by atoms with Crippen molar-refractivity contribution in [3.63, 3.8) is 0 Å². The zero-order valence-electron chi connectivity index (χ0n) is 8.94. The van der Waals surface area contributed by atoms with E-state index in [4.69, 9.17) is 0 Å². The number of aryl methyl sites for hydroxylation is 1. The monoisotopic (exact) mass is 199 g/mol. The molecule has 0 aliphatic carbocycles. The number of hydrogen-bond donors (Lipinski definition) is 0. The van der Waals surface area contributed by atoms with E-state index < -0.39 is 0 Å². The van der Waals surface area contributed by atoms with Crippen molar-refractivity contribution in [2.75, 3.05) is 0 Å². The van der Waals surface area contributed by atoms with E-state index in [2.05, 4.69) is 46.8 Å².